The third-order valence-electron chi connectivity index (χ3n) is 4.51. The first kappa shape index (κ1) is 24.5. The van der Waals surface area contributed by atoms with Crippen LogP contribution in [-0.4, -0.2) is 48.3 Å². The molecule has 0 aliphatic rings. The van der Waals surface area contributed by atoms with Crippen LogP contribution in [0.3, 0.4) is 0 Å². The fourth-order valence-electron chi connectivity index (χ4n) is 2.86. The SMILES string of the molecule is CCN(CCC(=O)NC(=O)NCc1ccccc1)CC(=O)Nc1ccc(NC(C)=O)cc1. The minimum atomic E-state index is -0.553. The van der Waals surface area contributed by atoms with Crippen LogP contribution in [0.25, 0.3) is 0 Å². The Morgan fingerprint density at radius 2 is 1.47 bits per heavy atom. The van der Waals surface area contributed by atoms with Gasteiger partial charge in [0, 0.05) is 37.8 Å². The molecule has 9 nitrogen and oxygen atoms in total. The normalized spacial score (nSPS) is 10.3. The first-order valence-electron chi connectivity index (χ1n) is 10.4. The zero-order valence-electron chi connectivity index (χ0n) is 18.3. The van der Waals surface area contributed by atoms with Gasteiger partial charge in [-0.1, -0.05) is 37.3 Å². The Bertz CT molecular complexity index is 916. The number of nitrogens with zero attached hydrogens (tertiary/aromatic N) is 1. The monoisotopic (exact) mass is 439 g/mol. The number of likely N-dealkylation sites (N-methyl/N-ethyl adjacent to an activating group) is 1. The van der Waals surface area contributed by atoms with Crippen molar-refractivity contribution in [3.05, 3.63) is 60.2 Å². The van der Waals surface area contributed by atoms with E-state index in [2.05, 4.69) is 21.3 Å². The number of hydrogen-bond donors (Lipinski definition) is 4. The molecule has 0 fully saturated rings. The van der Waals surface area contributed by atoms with E-state index in [-0.39, 0.29) is 24.8 Å². The highest BCUT2D eigenvalue weighted by Gasteiger charge is 2.13. The van der Waals surface area contributed by atoms with E-state index in [0.717, 1.165) is 5.56 Å². The average Bonchev–Trinajstić information content (AvgIpc) is 2.77. The van der Waals surface area contributed by atoms with Crippen molar-refractivity contribution in [2.24, 2.45) is 0 Å². The molecule has 0 atom stereocenters. The van der Waals surface area contributed by atoms with Gasteiger partial charge in [0.15, 0.2) is 0 Å². The van der Waals surface area contributed by atoms with E-state index in [1.165, 1.54) is 6.92 Å². The van der Waals surface area contributed by atoms with Crippen molar-refractivity contribution in [1.82, 2.24) is 15.5 Å². The number of carbonyl (C=O) groups is 4. The Morgan fingerprint density at radius 3 is 2.06 bits per heavy atom. The minimum Gasteiger partial charge on any atom is -0.334 e. The predicted molar refractivity (Wildman–Crippen MR) is 123 cm³/mol. The van der Waals surface area contributed by atoms with Crippen LogP contribution < -0.4 is 21.3 Å². The zero-order valence-corrected chi connectivity index (χ0v) is 18.3. The first-order valence-corrected chi connectivity index (χ1v) is 10.4. The van der Waals surface area contributed by atoms with Gasteiger partial charge in [-0.05, 0) is 36.4 Å². The van der Waals surface area contributed by atoms with Gasteiger partial charge in [0.05, 0.1) is 6.54 Å². The molecule has 0 aromatic heterocycles. The maximum atomic E-state index is 12.3. The van der Waals surface area contributed by atoms with Crippen molar-refractivity contribution in [1.29, 1.82) is 0 Å². The van der Waals surface area contributed by atoms with E-state index < -0.39 is 11.9 Å². The maximum absolute atomic E-state index is 12.3. The third-order valence-corrected chi connectivity index (χ3v) is 4.51. The maximum Gasteiger partial charge on any atom is 0.321 e. The lowest BCUT2D eigenvalue weighted by molar-refractivity contribution is -0.121. The van der Waals surface area contributed by atoms with Crippen LogP contribution in [0, 0.1) is 0 Å². The van der Waals surface area contributed by atoms with Gasteiger partial charge in [0.25, 0.3) is 0 Å². The molecule has 0 spiro atoms. The van der Waals surface area contributed by atoms with Gasteiger partial charge in [-0.2, -0.15) is 0 Å². The summed E-state index contributed by atoms with van der Waals surface area (Å²) >= 11 is 0. The molecule has 0 bridgehead atoms. The van der Waals surface area contributed by atoms with Crippen molar-refractivity contribution in [3.8, 4) is 0 Å². The molecule has 2 aromatic carbocycles. The van der Waals surface area contributed by atoms with Crippen molar-refractivity contribution < 1.29 is 19.2 Å². The molecule has 0 aliphatic carbocycles. The van der Waals surface area contributed by atoms with Gasteiger partial charge in [-0.15, -0.1) is 0 Å². The van der Waals surface area contributed by atoms with Gasteiger partial charge in [0.2, 0.25) is 17.7 Å². The third kappa shape index (κ3) is 9.40. The second-order valence-electron chi connectivity index (χ2n) is 7.14. The second kappa shape index (κ2) is 12.9. The number of amides is 5. The van der Waals surface area contributed by atoms with Crippen molar-refractivity contribution in [2.75, 3.05) is 30.3 Å². The molecule has 170 valence electrons. The van der Waals surface area contributed by atoms with Crippen LogP contribution in [0.5, 0.6) is 0 Å². The van der Waals surface area contributed by atoms with Crippen molar-refractivity contribution >= 4 is 35.1 Å². The molecule has 0 saturated carbocycles. The summed E-state index contributed by atoms with van der Waals surface area (Å²) in [5.41, 5.74) is 2.18. The zero-order chi connectivity index (χ0) is 23.3. The van der Waals surface area contributed by atoms with E-state index in [9.17, 15) is 19.2 Å². The second-order valence-corrected chi connectivity index (χ2v) is 7.14. The highest BCUT2D eigenvalue weighted by Crippen LogP contribution is 2.13. The first-order chi connectivity index (χ1) is 15.4. The van der Waals surface area contributed by atoms with E-state index in [1.54, 1.807) is 24.3 Å². The Balaban J connectivity index is 1.70. The van der Waals surface area contributed by atoms with Crippen LogP contribution in [0.15, 0.2) is 54.6 Å². The lowest BCUT2D eigenvalue weighted by Crippen LogP contribution is -2.41. The molecule has 0 heterocycles. The number of urea groups is 1. The highest BCUT2D eigenvalue weighted by atomic mass is 16.2. The Morgan fingerprint density at radius 1 is 0.844 bits per heavy atom. The predicted octanol–water partition coefficient (Wildman–Crippen LogP) is 2.32. The summed E-state index contributed by atoms with van der Waals surface area (Å²) in [7, 11) is 0. The van der Waals surface area contributed by atoms with Crippen molar-refractivity contribution in [3.63, 3.8) is 0 Å². The molecular weight excluding hydrogens is 410 g/mol. The molecule has 5 amide bonds. The number of imide groups is 1. The van der Waals surface area contributed by atoms with Crippen LogP contribution in [0.4, 0.5) is 16.2 Å². The summed E-state index contributed by atoms with van der Waals surface area (Å²) in [6, 6.07) is 15.6. The molecule has 0 radical (unpaired) electrons. The lowest BCUT2D eigenvalue weighted by Gasteiger charge is -2.19. The highest BCUT2D eigenvalue weighted by molar-refractivity contribution is 5.95. The summed E-state index contributed by atoms with van der Waals surface area (Å²) in [5.74, 6) is -0.804. The number of nitrogens with one attached hydrogen (secondary N) is 4. The van der Waals surface area contributed by atoms with Crippen LogP contribution in [0.1, 0.15) is 25.8 Å². The summed E-state index contributed by atoms with van der Waals surface area (Å²) in [4.78, 5) is 49.1. The average molecular weight is 440 g/mol. The Hall–Kier alpha value is -3.72. The number of benzene rings is 2. The molecule has 2 aromatic rings. The van der Waals surface area contributed by atoms with Gasteiger partial charge in [-0.3, -0.25) is 24.6 Å². The van der Waals surface area contributed by atoms with Gasteiger partial charge < -0.3 is 16.0 Å². The van der Waals surface area contributed by atoms with E-state index in [4.69, 9.17) is 0 Å². The molecule has 0 unspecified atom stereocenters. The summed E-state index contributed by atoms with van der Waals surface area (Å²) in [5, 5.41) is 10.4. The largest absolute Gasteiger partial charge is 0.334 e. The van der Waals surface area contributed by atoms with Crippen LogP contribution >= 0.6 is 0 Å². The molecule has 32 heavy (non-hydrogen) atoms. The summed E-state index contributed by atoms with van der Waals surface area (Å²) in [6.07, 6.45) is 0.0886. The Kier molecular flexibility index (Phi) is 9.86. The number of hydrogen-bond acceptors (Lipinski definition) is 5. The number of anilines is 2. The quantitative estimate of drug-likeness (QED) is 0.453. The molecule has 9 heteroatoms. The standard InChI is InChI=1S/C23H29N5O4/c1-3-28(16-22(31)26-20-11-9-19(10-12-20)25-17(2)29)14-13-21(30)27-23(32)24-15-18-7-5-4-6-8-18/h4-12H,3,13-16H2,1-2H3,(H,25,29)(H,26,31)(H2,24,27,30,32). The lowest BCUT2D eigenvalue weighted by atomic mass is 10.2. The van der Waals surface area contributed by atoms with Crippen LogP contribution in [-0.2, 0) is 20.9 Å². The van der Waals surface area contributed by atoms with E-state index in [0.29, 0.717) is 31.0 Å². The van der Waals surface area contributed by atoms with Gasteiger partial charge in [0.1, 0.15) is 0 Å². The molecule has 2 rings (SSSR count). The van der Waals surface area contributed by atoms with Gasteiger partial charge in [-0.25, -0.2) is 4.79 Å². The van der Waals surface area contributed by atoms with Crippen LogP contribution in [0.2, 0.25) is 0 Å². The molecule has 0 aliphatic heterocycles. The summed E-state index contributed by atoms with van der Waals surface area (Å²) in [6.45, 7) is 4.66. The smallest absolute Gasteiger partial charge is 0.321 e. The number of carbonyl (C=O) groups excluding carboxylic acids is 4. The molecule has 0 saturated heterocycles. The topological polar surface area (TPSA) is 120 Å². The van der Waals surface area contributed by atoms with E-state index >= 15 is 0 Å². The minimum absolute atomic E-state index is 0.0886. The number of rotatable bonds is 10. The summed E-state index contributed by atoms with van der Waals surface area (Å²) < 4.78 is 0. The molecule has 4 N–H and O–H groups in total. The van der Waals surface area contributed by atoms with Crippen molar-refractivity contribution in [2.45, 2.75) is 26.8 Å². The van der Waals surface area contributed by atoms with E-state index in [1.807, 2.05) is 42.2 Å². The molecular formula is C23H29N5O4. The van der Waals surface area contributed by atoms with Gasteiger partial charge >= 0.3 is 6.03 Å². The Labute approximate surface area is 187 Å². The fourth-order valence-corrected chi connectivity index (χ4v) is 2.86. The fraction of sp³-hybridized carbons (Fsp3) is 0.304.